The number of benzene rings is 3. The fraction of sp³-hybridized carbons (Fsp3) is 0.0833. The second-order valence-corrected chi connectivity index (χ2v) is 6.85. The molecule has 0 spiro atoms. The molecule has 0 aromatic heterocycles. The van der Waals surface area contributed by atoms with E-state index in [4.69, 9.17) is 0 Å². The van der Waals surface area contributed by atoms with Gasteiger partial charge in [-0.2, -0.15) is 0 Å². The lowest BCUT2D eigenvalue weighted by atomic mass is 10.0. The summed E-state index contributed by atoms with van der Waals surface area (Å²) in [6.45, 7) is 2.12. The van der Waals surface area contributed by atoms with Crippen molar-refractivity contribution in [3.63, 3.8) is 0 Å². The van der Waals surface area contributed by atoms with Crippen LogP contribution in [0.3, 0.4) is 0 Å². The van der Waals surface area contributed by atoms with Crippen molar-refractivity contribution in [2.45, 2.75) is 6.92 Å². The third-order valence-electron chi connectivity index (χ3n) is 5.00. The lowest BCUT2D eigenvalue weighted by molar-refractivity contribution is -0.120. The molecule has 0 aliphatic carbocycles. The Balaban J connectivity index is 1.93. The van der Waals surface area contributed by atoms with Gasteiger partial charge in [-0.3, -0.25) is 9.59 Å². The van der Waals surface area contributed by atoms with Gasteiger partial charge in [-0.05, 0) is 48.9 Å². The van der Waals surface area contributed by atoms with Crippen LogP contribution in [0.1, 0.15) is 12.5 Å². The van der Waals surface area contributed by atoms with E-state index in [-0.39, 0.29) is 11.3 Å². The number of nitrogens with zero attached hydrogens (tertiary/aromatic N) is 2. The molecule has 0 saturated carbocycles. The topological polar surface area (TPSA) is 40.6 Å². The zero-order valence-electron chi connectivity index (χ0n) is 16.5. The Labute approximate surface area is 176 Å². The van der Waals surface area contributed by atoms with Gasteiger partial charge in [0.25, 0.3) is 11.8 Å². The maximum absolute atomic E-state index is 14.5. The van der Waals surface area contributed by atoms with Gasteiger partial charge in [0.1, 0.15) is 23.1 Å². The van der Waals surface area contributed by atoms with Gasteiger partial charge in [0.15, 0.2) is 0 Å². The van der Waals surface area contributed by atoms with Crippen LogP contribution in [-0.2, 0) is 9.59 Å². The van der Waals surface area contributed by atoms with E-state index in [2.05, 4.69) is 0 Å². The molecule has 0 atom stereocenters. The van der Waals surface area contributed by atoms with Crippen molar-refractivity contribution in [1.29, 1.82) is 0 Å². The molecule has 1 heterocycles. The summed E-state index contributed by atoms with van der Waals surface area (Å²) in [5.74, 6) is -3.81. The number of imide groups is 1. The Hall–Kier alpha value is -3.87. The molecule has 0 saturated heterocycles. The highest BCUT2D eigenvalue weighted by atomic mass is 19.1. The largest absolute Gasteiger partial charge is 0.337 e. The highest BCUT2D eigenvalue weighted by Gasteiger charge is 2.43. The standard InChI is InChI=1S/C24H17F3N2O2/c1-2-28(18-6-4-3-5-7-18)22-21(15-8-10-16(25)11-9-15)23(30)29(24(22)31)20-14-17(26)12-13-19(20)27/h3-14H,2H2,1H3. The van der Waals surface area contributed by atoms with Crippen molar-refractivity contribution in [1.82, 2.24) is 0 Å². The van der Waals surface area contributed by atoms with Crippen LogP contribution < -0.4 is 9.80 Å². The summed E-state index contributed by atoms with van der Waals surface area (Å²) in [5.41, 5.74) is 0.452. The summed E-state index contributed by atoms with van der Waals surface area (Å²) in [4.78, 5) is 29.1. The van der Waals surface area contributed by atoms with Crippen LogP contribution in [0.4, 0.5) is 24.5 Å². The van der Waals surface area contributed by atoms with Gasteiger partial charge in [-0.1, -0.05) is 30.3 Å². The Bertz CT molecular complexity index is 1190. The molecular formula is C24H17F3N2O2. The van der Waals surface area contributed by atoms with Crippen molar-refractivity contribution in [3.8, 4) is 0 Å². The first kappa shape index (κ1) is 20.4. The lowest BCUT2D eigenvalue weighted by Gasteiger charge is -2.25. The van der Waals surface area contributed by atoms with Crippen molar-refractivity contribution in [2.24, 2.45) is 0 Å². The van der Waals surface area contributed by atoms with Gasteiger partial charge >= 0.3 is 0 Å². The van der Waals surface area contributed by atoms with Crippen molar-refractivity contribution in [2.75, 3.05) is 16.3 Å². The number of amides is 2. The zero-order chi connectivity index (χ0) is 22.1. The van der Waals surface area contributed by atoms with Crippen molar-refractivity contribution >= 4 is 28.8 Å². The molecule has 0 radical (unpaired) electrons. The van der Waals surface area contributed by atoms with Crippen molar-refractivity contribution < 1.29 is 22.8 Å². The first-order chi connectivity index (χ1) is 14.9. The summed E-state index contributed by atoms with van der Waals surface area (Å²) in [6.07, 6.45) is 0. The van der Waals surface area contributed by atoms with E-state index in [1.54, 1.807) is 36.1 Å². The van der Waals surface area contributed by atoms with Crippen LogP contribution in [0.25, 0.3) is 5.57 Å². The van der Waals surface area contributed by atoms with Crippen LogP contribution in [0.5, 0.6) is 0 Å². The second kappa shape index (κ2) is 8.10. The predicted octanol–water partition coefficient (Wildman–Crippen LogP) is 4.91. The summed E-state index contributed by atoms with van der Waals surface area (Å²) >= 11 is 0. The average Bonchev–Trinajstić information content (AvgIpc) is 3.02. The molecule has 1 aliphatic rings. The number of halogens is 3. The minimum absolute atomic E-state index is 0.00830. The molecular weight excluding hydrogens is 405 g/mol. The fourth-order valence-electron chi connectivity index (χ4n) is 3.60. The third kappa shape index (κ3) is 3.59. The van der Waals surface area contributed by atoms with Crippen molar-refractivity contribution in [3.05, 3.63) is 102 Å². The van der Waals surface area contributed by atoms with E-state index in [0.29, 0.717) is 22.7 Å². The van der Waals surface area contributed by atoms with E-state index >= 15 is 0 Å². The lowest BCUT2D eigenvalue weighted by Crippen LogP contribution is -2.36. The molecule has 2 amide bonds. The molecule has 7 heteroatoms. The number of para-hydroxylation sites is 1. The zero-order valence-corrected chi connectivity index (χ0v) is 16.5. The molecule has 0 unspecified atom stereocenters. The first-order valence-corrected chi connectivity index (χ1v) is 9.59. The van der Waals surface area contributed by atoms with Crippen LogP contribution in [-0.4, -0.2) is 18.4 Å². The van der Waals surface area contributed by atoms with E-state index in [0.717, 1.165) is 18.2 Å². The molecule has 0 bridgehead atoms. The van der Waals surface area contributed by atoms with Crippen LogP contribution in [0, 0.1) is 17.5 Å². The molecule has 156 valence electrons. The number of rotatable bonds is 5. The maximum atomic E-state index is 14.5. The number of hydrogen-bond acceptors (Lipinski definition) is 3. The number of hydrogen-bond donors (Lipinski definition) is 0. The Morgan fingerprint density at radius 2 is 1.45 bits per heavy atom. The van der Waals surface area contributed by atoms with Gasteiger partial charge in [0.2, 0.25) is 0 Å². The van der Waals surface area contributed by atoms with E-state index in [1.807, 2.05) is 6.07 Å². The quantitative estimate of drug-likeness (QED) is 0.549. The van der Waals surface area contributed by atoms with E-state index in [9.17, 15) is 22.8 Å². The molecule has 0 N–H and O–H groups in total. The van der Waals surface area contributed by atoms with Gasteiger partial charge < -0.3 is 4.90 Å². The predicted molar refractivity (Wildman–Crippen MR) is 112 cm³/mol. The third-order valence-corrected chi connectivity index (χ3v) is 5.00. The molecule has 1 aliphatic heterocycles. The van der Waals surface area contributed by atoms with E-state index in [1.165, 1.54) is 24.3 Å². The number of anilines is 2. The second-order valence-electron chi connectivity index (χ2n) is 6.85. The van der Waals surface area contributed by atoms with Gasteiger partial charge in [-0.25, -0.2) is 18.1 Å². The molecule has 4 rings (SSSR count). The minimum Gasteiger partial charge on any atom is -0.337 e. The summed E-state index contributed by atoms with van der Waals surface area (Å²) in [7, 11) is 0. The monoisotopic (exact) mass is 422 g/mol. The Morgan fingerprint density at radius 3 is 2.10 bits per heavy atom. The number of carbonyl (C=O) groups is 2. The molecule has 31 heavy (non-hydrogen) atoms. The van der Waals surface area contributed by atoms with Gasteiger partial charge in [0, 0.05) is 18.3 Å². The average molecular weight is 422 g/mol. The fourth-order valence-corrected chi connectivity index (χ4v) is 3.60. The molecule has 4 nitrogen and oxygen atoms in total. The molecule has 3 aromatic carbocycles. The highest BCUT2D eigenvalue weighted by molar-refractivity contribution is 6.46. The van der Waals surface area contributed by atoms with Gasteiger partial charge in [0.05, 0.1) is 11.3 Å². The summed E-state index contributed by atoms with van der Waals surface area (Å²) < 4.78 is 41.8. The first-order valence-electron chi connectivity index (χ1n) is 9.59. The Morgan fingerprint density at radius 1 is 0.806 bits per heavy atom. The molecule has 3 aromatic rings. The Kier molecular flexibility index (Phi) is 5.33. The van der Waals surface area contributed by atoms with E-state index < -0.39 is 35.0 Å². The molecule has 0 fully saturated rings. The maximum Gasteiger partial charge on any atom is 0.282 e. The minimum atomic E-state index is -0.912. The number of likely N-dealkylation sites (N-methyl/N-ethyl adjacent to an activating group) is 1. The highest BCUT2D eigenvalue weighted by Crippen LogP contribution is 2.37. The van der Waals surface area contributed by atoms with Crippen LogP contribution >= 0.6 is 0 Å². The van der Waals surface area contributed by atoms with Crippen LogP contribution in [0.2, 0.25) is 0 Å². The van der Waals surface area contributed by atoms with Gasteiger partial charge in [-0.15, -0.1) is 0 Å². The smallest absolute Gasteiger partial charge is 0.282 e. The van der Waals surface area contributed by atoms with Crippen LogP contribution in [0.15, 0.2) is 78.5 Å². The summed E-state index contributed by atoms with van der Waals surface area (Å²) in [5, 5.41) is 0. The number of carbonyl (C=O) groups excluding carboxylic acids is 2. The normalized spacial score (nSPS) is 13.9. The summed E-state index contributed by atoms with van der Waals surface area (Å²) in [6, 6.07) is 16.5. The SMILES string of the molecule is CCN(C1=C(c2ccc(F)cc2)C(=O)N(c2cc(F)ccc2F)C1=O)c1ccccc1.